The van der Waals surface area contributed by atoms with E-state index in [1.54, 1.807) is 18.1 Å². The molecule has 0 saturated heterocycles. The van der Waals surface area contributed by atoms with Gasteiger partial charge in [-0.05, 0) is 0 Å². The number of hydrogen-bond acceptors (Lipinski definition) is 0. The van der Waals surface area contributed by atoms with Gasteiger partial charge in [0.05, 0.1) is 7.17 Å². The molecule has 2 heteroatoms. The second-order valence-corrected chi connectivity index (χ2v) is 0.813. The molecule has 0 aliphatic carbocycles. The van der Waals surface area contributed by atoms with Gasteiger partial charge < -0.3 is 0 Å². The van der Waals surface area contributed by atoms with Crippen molar-refractivity contribution >= 4 is 14.9 Å². The van der Waals surface area contributed by atoms with E-state index in [1.807, 2.05) is 0 Å². The maximum atomic E-state index is 4.96. The van der Waals surface area contributed by atoms with E-state index < -0.39 is 0 Å². The smallest absolute Gasteiger partial charge is 0.0855 e. The molecule has 0 fully saturated rings. The van der Waals surface area contributed by atoms with Gasteiger partial charge in [-0.2, -0.15) is 0 Å². The first-order valence-corrected chi connectivity index (χ1v) is 1.74. The standard InChI is InChI=1S/C4H5B2/c1-2-3-4-6-5/h2-4H,1H2/b4-3+. The van der Waals surface area contributed by atoms with Crippen molar-refractivity contribution in [3.63, 3.8) is 0 Å². The molecule has 0 atom stereocenters. The third-order valence-electron chi connectivity index (χ3n) is 0.358. The Hall–Kier alpha value is -0.390. The normalized spacial score (nSPS) is 8.67. The van der Waals surface area contributed by atoms with Crippen LogP contribution in [0, 0.1) is 0 Å². The van der Waals surface area contributed by atoms with Crippen molar-refractivity contribution in [3.05, 3.63) is 24.7 Å². The average Bonchev–Trinajstić information content (AvgIpc) is 1.61. The fraction of sp³-hybridized carbons (Fsp3) is 0. The molecule has 0 saturated carbocycles. The Morgan fingerprint density at radius 1 is 1.67 bits per heavy atom. The van der Waals surface area contributed by atoms with Crippen molar-refractivity contribution in [1.82, 2.24) is 0 Å². The van der Waals surface area contributed by atoms with Crippen LogP contribution in [0.1, 0.15) is 0 Å². The van der Waals surface area contributed by atoms with Gasteiger partial charge in [0.25, 0.3) is 0 Å². The third kappa shape index (κ3) is 3.61. The maximum Gasteiger partial charge on any atom is 0.0855 e. The number of hydrogen-bond donors (Lipinski definition) is 0. The first-order valence-electron chi connectivity index (χ1n) is 1.74. The predicted octanol–water partition coefficient (Wildman–Crippen LogP) is 0.474. The second kappa shape index (κ2) is 4.61. The monoisotopic (exact) mass is 75.1 g/mol. The van der Waals surface area contributed by atoms with Crippen molar-refractivity contribution < 1.29 is 0 Å². The maximum absolute atomic E-state index is 4.96. The minimum Gasteiger partial charge on any atom is -0.133 e. The first kappa shape index (κ1) is 5.61. The fourth-order valence-corrected chi connectivity index (χ4v) is 0.143. The SMILES string of the molecule is [B][B]/C=C/C=C. The van der Waals surface area contributed by atoms with Gasteiger partial charge >= 0.3 is 0 Å². The average molecular weight is 74.7 g/mol. The number of allylic oxidation sites excluding steroid dienone is 2. The Morgan fingerprint density at radius 3 is 2.50 bits per heavy atom. The van der Waals surface area contributed by atoms with Gasteiger partial charge in [-0.1, -0.05) is 18.7 Å². The molecule has 6 heavy (non-hydrogen) atoms. The molecule has 0 amide bonds. The summed E-state index contributed by atoms with van der Waals surface area (Å²) in [5, 5.41) is 0. The Bertz CT molecular complexity index is 56.6. The lowest BCUT2D eigenvalue weighted by atomic mass is 9.56. The van der Waals surface area contributed by atoms with E-state index >= 15 is 0 Å². The van der Waals surface area contributed by atoms with Gasteiger partial charge in [0, 0.05) is 7.74 Å². The van der Waals surface area contributed by atoms with Crippen LogP contribution in [0.2, 0.25) is 0 Å². The van der Waals surface area contributed by atoms with Gasteiger partial charge in [0.2, 0.25) is 0 Å². The molecule has 0 aliphatic heterocycles. The molecular formula is C4H5B2. The van der Waals surface area contributed by atoms with E-state index in [0.717, 1.165) is 0 Å². The summed E-state index contributed by atoms with van der Waals surface area (Å²) in [4.78, 5) is 0. The molecule has 3 radical (unpaired) electrons. The van der Waals surface area contributed by atoms with Crippen LogP contribution in [-0.2, 0) is 0 Å². The molecular weight excluding hydrogens is 69.7 g/mol. The van der Waals surface area contributed by atoms with Gasteiger partial charge in [0.15, 0.2) is 0 Å². The molecule has 0 unspecified atom stereocenters. The van der Waals surface area contributed by atoms with Crippen LogP contribution in [0.4, 0.5) is 0 Å². The minimum absolute atomic E-state index is 1.46. The quantitative estimate of drug-likeness (QED) is 0.330. The molecule has 0 aromatic carbocycles. The summed E-state index contributed by atoms with van der Waals surface area (Å²) in [6.07, 6.45) is 3.43. The van der Waals surface area contributed by atoms with Crippen molar-refractivity contribution in [2.45, 2.75) is 0 Å². The second-order valence-electron chi connectivity index (χ2n) is 0.813. The lowest BCUT2D eigenvalue weighted by Gasteiger charge is -1.65. The Balaban J connectivity index is 2.94. The molecule has 0 N–H and O–H groups in total. The van der Waals surface area contributed by atoms with E-state index in [-0.39, 0.29) is 0 Å². The molecule has 0 aromatic heterocycles. The topological polar surface area (TPSA) is 0 Å². The van der Waals surface area contributed by atoms with Gasteiger partial charge in [-0.15, -0.1) is 5.98 Å². The van der Waals surface area contributed by atoms with E-state index in [4.69, 9.17) is 7.74 Å². The summed E-state index contributed by atoms with van der Waals surface area (Å²) in [5.74, 6) is 1.72. The van der Waals surface area contributed by atoms with Crippen LogP contribution in [-0.4, -0.2) is 14.9 Å². The summed E-state index contributed by atoms with van der Waals surface area (Å²) < 4.78 is 0. The van der Waals surface area contributed by atoms with E-state index in [0.29, 0.717) is 0 Å². The van der Waals surface area contributed by atoms with Crippen LogP contribution >= 0.6 is 0 Å². The first-order chi connectivity index (χ1) is 2.91. The third-order valence-corrected chi connectivity index (χ3v) is 0.358. The van der Waals surface area contributed by atoms with E-state index in [9.17, 15) is 0 Å². The van der Waals surface area contributed by atoms with Crippen LogP contribution < -0.4 is 0 Å². The zero-order valence-corrected chi connectivity index (χ0v) is 3.59. The molecule has 0 aliphatic rings. The van der Waals surface area contributed by atoms with Crippen LogP contribution in [0.3, 0.4) is 0 Å². The predicted molar refractivity (Wildman–Crippen MR) is 30.8 cm³/mol. The van der Waals surface area contributed by atoms with Crippen molar-refractivity contribution in [2.75, 3.05) is 0 Å². The summed E-state index contributed by atoms with van der Waals surface area (Å²) in [6.45, 7) is 3.44. The van der Waals surface area contributed by atoms with Crippen LogP contribution in [0.5, 0.6) is 0 Å². The van der Waals surface area contributed by atoms with Gasteiger partial charge in [-0.25, -0.2) is 0 Å². The molecule has 0 heterocycles. The van der Waals surface area contributed by atoms with E-state index in [1.165, 1.54) is 7.17 Å². The Labute approximate surface area is 40.6 Å². The lowest BCUT2D eigenvalue weighted by Crippen LogP contribution is -1.76. The Morgan fingerprint density at radius 2 is 2.33 bits per heavy atom. The zero-order chi connectivity index (χ0) is 4.83. The Kier molecular flexibility index (Phi) is 4.31. The van der Waals surface area contributed by atoms with Gasteiger partial charge in [-0.3, -0.25) is 0 Å². The molecule has 0 aromatic rings. The highest BCUT2D eigenvalue weighted by atomic mass is 13.4. The highest BCUT2D eigenvalue weighted by Gasteiger charge is 1.58. The summed E-state index contributed by atoms with van der Waals surface area (Å²) in [6, 6.07) is 0. The number of rotatable bonds is 2. The summed E-state index contributed by atoms with van der Waals surface area (Å²) >= 11 is 0. The molecule has 0 bridgehead atoms. The fourth-order valence-electron chi connectivity index (χ4n) is 0.143. The lowest BCUT2D eigenvalue weighted by molar-refractivity contribution is 2.11. The molecule has 27 valence electrons. The van der Waals surface area contributed by atoms with Crippen LogP contribution in [0.15, 0.2) is 24.7 Å². The van der Waals surface area contributed by atoms with Crippen LogP contribution in [0.25, 0.3) is 0 Å². The highest BCUT2D eigenvalue weighted by Crippen LogP contribution is 1.64. The molecule has 0 spiro atoms. The summed E-state index contributed by atoms with van der Waals surface area (Å²) in [5.41, 5.74) is 0. The largest absolute Gasteiger partial charge is 0.133 e. The molecule has 0 rings (SSSR count). The molecule has 0 nitrogen and oxygen atoms in total. The zero-order valence-electron chi connectivity index (χ0n) is 3.59. The highest BCUT2D eigenvalue weighted by molar-refractivity contribution is 6.92. The van der Waals surface area contributed by atoms with Crippen molar-refractivity contribution in [1.29, 1.82) is 0 Å². The van der Waals surface area contributed by atoms with E-state index in [2.05, 4.69) is 6.58 Å². The van der Waals surface area contributed by atoms with Crippen molar-refractivity contribution in [2.24, 2.45) is 0 Å². The summed E-state index contributed by atoms with van der Waals surface area (Å²) in [7, 11) is 6.42. The minimum atomic E-state index is 1.46. The van der Waals surface area contributed by atoms with Crippen molar-refractivity contribution in [3.8, 4) is 0 Å². The van der Waals surface area contributed by atoms with Gasteiger partial charge in [0.1, 0.15) is 0 Å².